The van der Waals surface area contributed by atoms with Gasteiger partial charge in [-0.05, 0) is 38.0 Å². The average molecular weight is 295 g/mol. The highest BCUT2D eigenvalue weighted by Gasteiger charge is 2.40. The van der Waals surface area contributed by atoms with E-state index in [9.17, 15) is 14.4 Å². The molecule has 0 aromatic carbocycles. The number of hydrogen-bond acceptors (Lipinski definition) is 4. The Bertz CT molecular complexity index is 459. The molecule has 1 amide bonds. The molecule has 2 aliphatic rings. The maximum absolute atomic E-state index is 12.2. The lowest BCUT2D eigenvalue weighted by Crippen LogP contribution is -2.44. The zero-order chi connectivity index (χ0) is 15.4. The van der Waals surface area contributed by atoms with E-state index in [2.05, 4.69) is 11.4 Å². The fourth-order valence-corrected chi connectivity index (χ4v) is 3.11. The second-order valence-electron chi connectivity index (χ2n) is 5.63. The molecule has 0 radical (unpaired) electrons. The van der Waals surface area contributed by atoms with Gasteiger partial charge >= 0.3 is 11.9 Å². The summed E-state index contributed by atoms with van der Waals surface area (Å²) in [5.41, 5.74) is 0. The third kappa shape index (κ3) is 3.83. The van der Waals surface area contributed by atoms with Crippen molar-refractivity contribution in [2.45, 2.75) is 38.6 Å². The number of hydrogen-bond donors (Lipinski definition) is 2. The highest BCUT2D eigenvalue weighted by Crippen LogP contribution is 2.43. The van der Waals surface area contributed by atoms with E-state index in [-0.39, 0.29) is 37.2 Å². The van der Waals surface area contributed by atoms with E-state index in [4.69, 9.17) is 9.84 Å². The Balaban J connectivity index is 1.85. The Hall–Kier alpha value is -1.85. The largest absolute Gasteiger partial charge is 0.480 e. The first-order valence-corrected chi connectivity index (χ1v) is 7.38. The number of carboxylic acids is 1. The summed E-state index contributed by atoms with van der Waals surface area (Å²) in [7, 11) is 0. The van der Waals surface area contributed by atoms with Gasteiger partial charge in [-0.3, -0.25) is 9.59 Å². The third-order valence-electron chi connectivity index (χ3n) is 4.17. The number of amides is 1. The number of nitrogens with one attached hydrogen (secondary N) is 1. The van der Waals surface area contributed by atoms with Crippen molar-refractivity contribution in [1.29, 1.82) is 0 Å². The van der Waals surface area contributed by atoms with Gasteiger partial charge in [-0.25, -0.2) is 4.79 Å². The number of fused-ring (bicyclic) bond motifs is 2. The van der Waals surface area contributed by atoms with Crippen LogP contribution >= 0.6 is 0 Å². The lowest BCUT2D eigenvalue weighted by atomic mass is 9.92. The molecule has 0 aliphatic heterocycles. The molecule has 3 unspecified atom stereocenters. The quantitative estimate of drug-likeness (QED) is 0.542. The van der Waals surface area contributed by atoms with Crippen LogP contribution in [0.3, 0.4) is 0 Å². The smallest absolute Gasteiger partial charge is 0.326 e. The van der Waals surface area contributed by atoms with Gasteiger partial charge < -0.3 is 15.2 Å². The van der Waals surface area contributed by atoms with Gasteiger partial charge in [0.2, 0.25) is 5.91 Å². The van der Waals surface area contributed by atoms with Gasteiger partial charge in [-0.1, -0.05) is 12.2 Å². The Morgan fingerprint density at radius 3 is 2.62 bits per heavy atom. The normalized spacial score (nSPS) is 27.4. The van der Waals surface area contributed by atoms with E-state index in [0.29, 0.717) is 5.92 Å². The second kappa shape index (κ2) is 6.74. The molecule has 1 saturated carbocycles. The monoisotopic (exact) mass is 295 g/mol. The van der Waals surface area contributed by atoms with Crippen LogP contribution in [-0.4, -0.2) is 35.6 Å². The Morgan fingerprint density at radius 2 is 2.10 bits per heavy atom. The number of esters is 1. The molecule has 0 spiro atoms. The highest BCUT2D eigenvalue weighted by atomic mass is 16.5. The molecular formula is C15H21NO5. The van der Waals surface area contributed by atoms with Gasteiger partial charge in [0.1, 0.15) is 6.04 Å². The standard InChI is InChI=1S/C15H21NO5/c1-2-21-13(17)6-5-12(15(19)20)16-14(18)11-8-9-3-4-10(11)7-9/h3-4,9-12H,2,5-8H2,1H3,(H,16,18)(H,19,20)/t9?,10?,11?,12-/m0/s1. The molecule has 116 valence electrons. The SMILES string of the molecule is CCOC(=O)CC[C@H](NC(=O)C1CC2C=CC1C2)C(=O)O. The van der Waals surface area contributed by atoms with Crippen LogP contribution in [0.15, 0.2) is 12.2 Å². The molecule has 0 aromatic rings. The minimum absolute atomic E-state index is 0.0122. The predicted molar refractivity (Wildman–Crippen MR) is 74.3 cm³/mol. The summed E-state index contributed by atoms with van der Waals surface area (Å²) in [4.78, 5) is 34.7. The number of carbonyl (C=O) groups is 3. The topological polar surface area (TPSA) is 92.7 Å². The highest BCUT2D eigenvalue weighted by molar-refractivity contribution is 5.86. The molecule has 21 heavy (non-hydrogen) atoms. The molecule has 6 nitrogen and oxygen atoms in total. The van der Waals surface area contributed by atoms with Crippen molar-refractivity contribution in [1.82, 2.24) is 5.32 Å². The Morgan fingerprint density at radius 1 is 1.33 bits per heavy atom. The maximum Gasteiger partial charge on any atom is 0.326 e. The van der Waals surface area contributed by atoms with E-state index in [1.54, 1.807) is 6.92 Å². The van der Waals surface area contributed by atoms with Gasteiger partial charge in [0.25, 0.3) is 0 Å². The number of rotatable bonds is 7. The van der Waals surface area contributed by atoms with Crippen molar-refractivity contribution in [3.8, 4) is 0 Å². The van der Waals surface area contributed by atoms with Crippen molar-refractivity contribution >= 4 is 17.8 Å². The molecule has 0 aromatic heterocycles. The van der Waals surface area contributed by atoms with Crippen molar-refractivity contribution in [3.63, 3.8) is 0 Å². The van der Waals surface area contributed by atoms with Crippen LogP contribution in [0, 0.1) is 17.8 Å². The van der Waals surface area contributed by atoms with Crippen molar-refractivity contribution in [2.24, 2.45) is 17.8 Å². The molecule has 6 heteroatoms. The summed E-state index contributed by atoms with van der Waals surface area (Å²) < 4.78 is 4.76. The molecule has 1 fully saturated rings. The Labute approximate surface area is 123 Å². The second-order valence-corrected chi connectivity index (χ2v) is 5.63. The minimum Gasteiger partial charge on any atom is -0.480 e. The van der Waals surface area contributed by atoms with Gasteiger partial charge in [0.05, 0.1) is 6.61 Å². The molecule has 0 saturated heterocycles. The average Bonchev–Trinajstić information content (AvgIpc) is 3.05. The lowest BCUT2D eigenvalue weighted by Gasteiger charge is -2.21. The minimum atomic E-state index is -1.12. The number of ether oxygens (including phenoxy) is 1. The van der Waals surface area contributed by atoms with E-state index in [1.807, 2.05) is 6.08 Å². The van der Waals surface area contributed by atoms with Crippen LogP contribution in [0.25, 0.3) is 0 Å². The van der Waals surface area contributed by atoms with E-state index in [1.165, 1.54) is 0 Å². The molecular weight excluding hydrogens is 274 g/mol. The first-order chi connectivity index (χ1) is 10.0. The summed E-state index contributed by atoms with van der Waals surface area (Å²) in [6, 6.07) is -1.04. The third-order valence-corrected chi connectivity index (χ3v) is 4.17. The summed E-state index contributed by atoms with van der Waals surface area (Å²) in [6.07, 6.45) is 5.99. The molecule has 2 N–H and O–H groups in total. The fourth-order valence-electron chi connectivity index (χ4n) is 3.11. The van der Waals surface area contributed by atoms with Crippen LogP contribution in [0.4, 0.5) is 0 Å². The fraction of sp³-hybridized carbons (Fsp3) is 0.667. The zero-order valence-corrected chi connectivity index (χ0v) is 12.1. The first-order valence-electron chi connectivity index (χ1n) is 7.38. The number of carboxylic acid groups (broad SMARTS) is 1. The summed E-state index contributed by atoms with van der Waals surface area (Å²) in [5, 5.41) is 11.7. The van der Waals surface area contributed by atoms with E-state index >= 15 is 0 Å². The van der Waals surface area contributed by atoms with Crippen LogP contribution < -0.4 is 5.32 Å². The first kappa shape index (κ1) is 15.5. The summed E-state index contributed by atoms with van der Waals surface area (Å²) in [5.74, 6) is -1.23. The lowest BCUT2D eigenvalue weighted by molar-refractivity contribution is -0.145. The molecule has 2 bridgehead atoms. The van der Waals surface area contributed by atoms with Crippen molar-refractivity contribution in [2.75, 3.05) is 6.61 Å². The number of aliphatic carboxylic acids is 1. The van der Waals surface area contributed by atoms with Gasteiger partial charge in [-0.15, -0.1) is 0 Å². The summed E-state index contributed by atoms with van der Waals surface area (Å²) >= 11 is 0. The zero-order valence-electron chi connectivity index (χ0n) is 12.1. The molecule has 0 heterocycles. The van der Waals surface area contributed by atoms with Crippen LogP contribution in [0.1, 0.15) is 32.6 Å². The summed E-state index contributed by atoms with van der Waals surface area (Å²) in [6.45, 7) is 1.96. The predicted octanol–water partition coefficient (Wildman–Crippen LogP) is 1.11. The van der Waals surface area contributed by atoms with Crippen LogP contribution in [0.5, 0.6) is 0 Å². The van der Waals surface area contributed by atoms with Gasteiger partial charge in [0.15, 0.2) is 0 Å². The van der Waals surface area contributed by atoms with Crippen LogP contribution in [0.2, 0.25) is 0 Å². The van der Waals surface area contributed by atoms with Crippen molar-refractivity contribution < 1.29 is 24.2 Å². The van der Waals surface area contributed by atoms with Crippen molar-refractivity contribution in [3.05, 3.63) is 12.2 Å². The molecule has 4 atom stereocenters. The molecule has 2 aliphatic carbocycles. The number of allylic oxidation sites excluding steroid dienone is 2. The number of carbonyl (C=O) groups excluding carboxylic acids is 2. The van der Waals surface area contributed by atoms with E-state index in [0.717, 1.165) is 12.8 Å². The van der Waals surface area contributed by atoms with Gasteiger partial charge in [0, 0.05) is 12.3 Å². The maximum atomic E-state index is 12.2. The Kier molecular flexibility index (Phi) is 4.98. The van der Waals surface area contributed by atoms with Crippen LogP contribution in [-0.2, 0) is 19.1 Å². The van der Waals surface area contributed by atoms with E-state index < -0.39 is 18.0 Å². The molecule has 2 rings (SSSR count). The van der Waals surface area contributed by atoms with Gasteiger partial charge in [-0.2, -0.15) is 0 Å².